The molecular formula is C20H18F2N2O2. The lowest BCUT2D eigenvalue weighted by atomic mass is 10.1. The first-order valence-corrected chi connectivity index (χ1v) is 8.29. The number of hydrogen-bond acceptors (Lipinski definition) is 4. The highest BCUT2D eigenvalue weighted by Crippen LogP contribution is 2.18. The van der Waals surface area contributed by atoms with Crippen LogP contribution < -0.4 is 0 Å². The van der Waals surface area contributed by atoms with Gasteiger partial charge in [-0.15, -0.1) is 6.58 Å². The van der Waals surface area contributed by atoms with Crippen molar-refractivity contribution in [1.82, 2.24) is 9.97 Å². The van der Waals surface area contributed by atoms with E-state index in [1.54, 1.807) is 0 Å². The smallest absolute Gasteiger partial charge is 0.222 e. The van der Waals surface area contributed by atoms with E-state index in [4.69, 9.17) is 9.47 Å². The van der Waals surface area contributed by atoms with Crippen molar-refractivity contribution in [2.45, 2.75) is 19.1 Å². The number of benzene rings is 1. The van der Waals surface area contributed by atoms with E-state index in [2.05, 4.69) is 28.4 Å². The van der Waals surface area contributed by atoms with Gasteiger partial charge in [-0.05, 0) is 37.0 Å². The number of ether oxygens (including phenoxy) is 2. The number of nitrogens with zero attached hydrogens (tertiary/aromatic N) is 2. The first-order valence-electron chi connectivity index (χ1n) is 8.29. The molecule has 1 aromatic heterocycles. The van der Waals surface area contributed by atoms with E-state index in [-0.39, 0.29) is 0 Å². The van der Waals surface area contributed by atoms with Crippen LogP contribution in [0.15, 0.2) is 43.2 Å². The summed E-state index contributed by atoms with van der Waals surface area (Å²) in [5, 5.41) is 0. The quantitative estimate of drug-likeness (QED) is 0.619. The van der Waals surface area contributed by atoms with E-state index in [1.165, 1.54) is 18.5 Å². The molecular weight excluding hydrogens is 338 g/mol. The molecule has 2 heterocycles. The van der Waals surface area contributed by atoms with Crippen LogP contribution in [0, 0.1) is 29.4 Å². The molecule has 3 rings (SSSR count). The Morgan fingerprint density at radius 2 is 1.88 bits per heavy atom. The molecule has 1 saturated heterocycles. The van der Waals surface area contributed by atoms with Gasteiger partial charge in [0, 0.05) is 23.9 Å². The third-order valence-corrected chi connectivity index (χ3v) is 3.91. The second kappa shape index (κ2) is 8.65. The number of hydrogen-bond donors (Lipinski definition) is 0. The molecule has 0 amide bonds. The number of allylic oxidation sites excluding steroid dienone is 1. The van der Waals surface area contributed by atoms with Gasteiger partial charge in [-0.2, -0.15) is 0 Å². The molecule has 1 aromatic carbocycles. The summed E-state index contributed by atoms with van der Waals surface area (Å²) in [7, 11) is 0. The van der Waals surface area contributed by atoms with Gasteiger partial charge in [0.15, 0.2) is 17.5 Å². The van der Waals surface area contributed by atoms with Gasteiger partial charge in [0.25, 0.3) is 0 Å². The van der Waals surface area contributed by atoms with Gasteiger partial charge in [0.05, 0.1) is 18.8 Å². The van der Waals surface area contributed by atoms with Crippen molar-refractivity contribution in [3.8, 4) is 23.2 Å². The average Bonchev–Trinajstić information content (AvgIpc) is 2.68. The van der Waals surface area contributed by atoms with Crippen molar-refractivity contribution in [3.05, 3.63) is 60.4 Å². The standard InChI is InChI=1S/C20H18F2N2O2/c1-2-3-4-15-12-25-19(26-13-15)8-5-14-10-23-20(24-11-14)16-6-7-17(21)18(22)9-16/h2,6-7,9-11,15,19H,1,3-4,12-13H2. The average molecular weight is 356 g/mol. The lowest BCUT2D eigenvalue weighted by Crippen LogP contribution is -2.31. The number of halogens is 2. The predicted molar refractivity (Wildman–Crippen MR) is 92.9 cm³/mol. The fourth-order valence-corrected chi connectivity index (χ4v) is 2.47. The molecule has 0 saturated carbocycles. The van der Waals surface area contributed by atoms with Crippen molar-refractivity contribution in [2.75, 3.05) is 13.2 Å². The summed E-state index contributed by atoms with van der Waals surface area (Å²) in [5.74, 6) is 4.60. The molecule has 1 aliphatic rings. The van der Waals surface area contributed by atoms with Gasteiger partial charge in [-0.25, -0.2) is 18.7 Å². The highest BCUT2D eigenvalue weighted by atomic mass is 19.2. The Labute approximate surface area is 150 Å². The summed E-state index contributed by atoms with van der Waals surface area (Å²) in [5.41, 5.74) is 0.977. The summed E-state index contributed by atoms with van der Waals surface area (Å²) in [6.45, 7) is 4.93. The molecule has 134 valence electrons. The summed E-state index contributed by atoms with van der Waals surface area (Å²) < 4.78 is 37.4. The molecule has 0 radical (unpaired) electrons. The van der Waals surface area contributed by atoms with E-state index < -0.39 is 17.9 Å². The zero-order valence-electron chi connectivity index (χ0n) is 14.1. The Kier molecular flexibility index (Phi) is 6.05. The normalized spacial score (nSPS) is 19.5. The molecule has 0 N–H and O–H groups in total. The maximum atomic E-state index is 13.3. The van der Waals surface area contributed by atoms with Crippen LogP contribution in [0.5, 0.6) is 0 Å². The molecule has 4 nitrogen and oxygen atoms in total. The van der Waals surface area contributed by atoms with Gasteiger partial charge in [-0.3, -0.25) is 0 Å². The molecule has 6 heteroatoms. The summed E-state index contributed by atoms with van der Waals surface area (Å²) in [4.78, 5) is 8.27. The van der Waals surface area contributed by atoms with Crippen molar-refractivity contribution in [2.24, 2.45) is 5.92 Å². The Morgan fingerprint density at radius 3 is 2.54 bits per heavy atom. The molecule has 1 fully saturated rings. The molecule has 0 aliphatic carbocycles. The molecule has 0 bridgehead atoms. The second-order valence-electron chi connectivity index (χ2n) is 5.92. The predicted octanol–water partition coefficient (Wildman–Crippen LogP) is 3.73. The summed E-state index contributed by atoms with van der Waals surface area (Å²) in [6, 6.07) is 3.52. The van der Waals surface area contributed by atoms with Gasteiger partial charge in [0.1, 0.15) is 0 Å². The number of rotatable bonds is 4. The van der Waals surface area contributed by atoms with Crippen LogP contribution in [-0.2, 0) is 9.47 Å². The zero-order chi connectivity index (χ0) is 18.4. The Morgan fingerprint density at radius 1 is 1.15 bits per heavy atom. The maximum Gasteiger partial charge on any atom is 0.222 e. The SMILES string of the molecule is C=CCCC1COC(C#Cc2cnc(-c3ccc(F)c(F)c3)nc2)OC1. The summed E-state index contributed by atoms with van der Waals surface area (Å²) in [6.07, 6.45) is 6.29. The molecule has 0 unspecified atom stereocenters. The van der Waals surface area contributed by atoms with Crippen LogP contribution in [0.1, 0.15) is 18.4 Å². The van der Waals surface area contributed by atoms with Crippen LogP contribution in [0.3, 0.4) is 0 Å². The first-order chi connectivity index (χ1) is 12.7. The lowest BCUT2D eigenvalue weighted by Gasteiger charge is -2.26. The van der Waals surface area contributed by atoms with Crippen LogP contribution in [0.25, 0.3) is 11.4 Å². The van der Waals surface area contributed by atoms with Gasteiger partial charge in [0.2, 0.25) is 6.29 Å². The van der Waals surface area contributed by atoms with Crippen molar-refractivity contribution in [3.63, 3.8) is 0 Å². The first kappa shape index (κ1) is 18.2. The second-order valence-corrected chi connectivity index (χ2v) is 5.92. The summed E-state index contributed by atoms with van der Waals surface area (Å²) >= 11 is 0. The fraction of sp³-hybridized carbons (Fsp3) is 0.300. The lowest BCUT2D eigenvalue weighted by molar-refractivity contribution is -0.169. The van der Waals surface area contributed by atoms with Gasteiger partial charge < -0.3 is 9.47 Å². The van der Waals surface area contributed by atoms with Crippen LogP contribution in [-0.4, -0.2) is 29.5 Å². The van der Waals surface area contributed by atoms with E-state index in [0.717, 1.165) is 25.0 Å². The molecule has 2 aromatic rings. The van der Waals surface area contributed by atoms with Gasteiger partial charge >= 0.3 is 0 Å². The Balaban J connectivity index is 1.59. The van der Waals surface area contributed by atoms with Crippen LogP contribution in [0.4, 0.5) is 8.78 Å². The third kappa shape index (κ3) is 4.72. The van der Waals surface area contributed by atoms with Crippen LogP contribution >= 0.6 is 0 Å². The Bertz CT molecular complexity index is 820. The molecule has 0 atom stereocenters. The van der Waals surface area contributed by atoms with Gasteiger partial charge in [-0.1, -0.05) is 12.0 Å². The minimum absolute atomic E-state index is 0.296. The zero-order valence-corrected chi connectivity index (χ0v) is 14.1. The molecule has 26 heavy (non-hydrogen) atoms. The number of aromatic nitrogens is 2. The van der Waals surface area contributed by atoms with E-state index in [1.807, 2.05) is 6.08 Å². The van der Waals surface area contributed by atoms with Crippen molar-refractivity contribution in [1.29, 1.82) is 0 Å². The minimum atomic E-state index is -0.937. The third-order valence-electron chi connectivity index (χ3n) is 3.91. The van der Waals surface area contributed by atoms with E-state index in [0.29, 0.717) is 36.1 Å². The highest BCUT2D eigenvalue weighted by Gasteiger charge is 2.19. The van der Waals surface area contributed by atoms with Crippen LogP contribution in [0.2, 0.25) is 0 Å². The largest absolute Gasteiger partial charge is 0.342 e. The minimum Gasteiger partial charge on any atom is -0.342 e. The van der Waals surface area contributed by atoms with E-state index >= 15 is 0 Å². The van der Waals surface area contributed by atoms with Crippen molar-refractivity contribution >= 4 is 0 Å². The topological polar surface area (TPSA) is 44.2 Å². The fourth-order valence-electron chi connectivity index (χ4n) is 2.47. The monoisotopic (exact) mass is 356 g/mol. The van der Waals surface area contributed by atoms with Crippen molar-refractivity contribution < 1.29 is 18.3 Å². The van der Waals surface area contributed by atoms with E-state index in [9.17, 15) is 8.78 Å². The highest BCUT2D eigenvalue weighted by molar-refractivity contribution is 5.55. The maximum absolute atomic E-state index is 13.3. The Hall–Kier alpha value is -2.62. The molecule has 1 aliphatic heterocycles. The molecule has 0 spiro atoms.